The fourth-order valence-electron chi connectivity index (χ4n) is 4.27. The molecule has 6 heteroatoms. The summed E-state index contributed by atoms with van der Waals surface area (Å²) in [4.78, 5) is 27.7. The van der Waals surface area contributed by atoms with Gasteiger partial charge in [0, 0.05) is 26.6 Å². The van der Waals surface area contributed by atoms with Gasteiger partial charge in [0.2, 0.25) is 5.91 Å². The second kappa shape index (κ2) is 11.8. The number of rotatable bonds is 10. The summed E-state index contributed by atoms with van der Waals surface area (Å²) < 4.78 is 11.1. The first-order valence-electron chi connectivity index (χ1n) is 11.8. The fraction of sp³-hybridized carbons (Fsp3) is 0.481. The van der Waals surface area contributed by atoms with Gasteiger partial charge in [0.05, 0.1) is 12.6 Å². The van der Waals surface area contributed by atoms with Gasteiger partial charge in [0.15, 0.2) is 6.10 Å². The number of ether oxygens (including phenoxy) is 2. The Labute approximate surface area is 197 Å². The van der Waals surface area contributed by atoms with Crippen LogP contribution in [0.4, 0.5) is 0 Å². The first-order chi connectivity index (χ1) is 15.9. The van der Waals surface area contributed by atoms with Gasteiger partial charge in [-0.25, -0.2) is 0 Å². The maximum atomic E-state index is 13.2. The van der Waals surface area contributed by atoms with Gasteiger partial charge >= 0.3 is 0 Å². The van der Waals surface area contributed by atoms with Crippen LogP contribution in [0.5, 0.6) is 5.75 Å². The van der Waals surface area contributed by atoms with Crippen LogP contribution in [0.25, 0.3) is 0 Å². The fourth-order valence-corrected chi connectivity index (χ4v) is 4.27. The maximum Gasteiger partial charge on any atom is 0.261 e. The SMILES string of the molecule is CCC(Oc1ccc2c(c1)C(c1ccccc1)N(C(=O)CC(C)C)CC2)C(=O)NCCOC. The predicted molar refractivity (Wildman–Crippen MR) is 129 cm³/mol. The zero-order valence-electron chi connectivity index (χ0n) is 20.2. The monoisotopic (exact) mass is 452 g/mol. The lowest BCUT2D eigenvalue weighted by Crippen LogP contribution is -2.41. The van der Waals surface area contributed by atoms with Gasteiger partial charge in [-0.1, -0.05) is 57.2 Å². The van der Waals surface area contributed by atoms with Crippen molar-refractivity contribution in [2.45, 2.75) is 52.2 Å². The minimum atomic E-state index is -0.586. The van der Waals surface area contributed by atoms with Crippen molar-refractivity contribution in [3.8, 4) is 5.75 Å². The summed E-state index contributed by atoms with van der Waals surface area (Å²) in [6.45, 7) is 7.67. The normalized spacial score (nSPS) is 16.3. The third kappa shape index (κ3) is 6.35. The van der Waals surface area contributed by atoms with Crippen LogP contribution in [0.3, 0.4) is 0 Å². The minimum Gasteiger partial charge on any atom is -0.481 e. The molecule has 0 aromatic heterocycles. The number of hydrogen-bond acceptors (Lipinski definition) is 4. The van der Waals surface area contributed by atoms with Crippen LogP contribution in [-0.4, -0.2) is 49.6 Å². The molecule has 1 aliphatic heterocycles. The molecule has 0 bridgehead atoms. The lowest BCUT2D eigenvalue weighted by molar-refractivity contribution is -0.134. The van der Waals surface area contributed by atoms with E-state index in [9.17, 15) is 9.59 Å². The average Bonchev–Trinajstić information content (AvgIpc) is 2.81. The largest absolute Gasteiger partial charge is 0.481 e. The molecule has 33 heavy (non-hydrogen) atoms. The Balaban J connectivity index is 1.90. The number of amides is 2. The van der Waals surface area contributed by atoms with Crippen LogP contribution >= 0.6 is 0 Å². The zero-order valence-corrected chi connectivity index (χ0v) is 20.2. The molecule has 2 amide bonds. The molecule has 0 radical (unpaired) electrons. The Kier molecular flexibility index (Phi) is 8.89. The Morgan fingerprint density at radius 3 is 2.58 bits per heavy atom. The molecule has 0 spiro atoms. The number of nitrogens with zero attached hydrogens (tertiary/aromatic N) is 1. The first kappa shape index (κ1) is 24.8. The molecule has 1 aliphatic rings. The number of methoxy groups -OCH3 is 1. The molecule has 1 N–H and O–H groups in total. The van der Waals surface area contributed by atoms with E-state index < -0.39 is 6.10 Å². The molecule has 0 aliphatic carbocycles. The van der Waals surface area contributed by atoms with Crippen LogP contribution in [0.15, 0.2) is 48.5 Å². The molecule has 0 saturated carbocycles. The van der Waals surface area contributed by atoms with Crippen molar-refractivity contribution >= 4 is 11.8 Å². The summed E-state index contributed by atoms with van der Waals surface area (Å²) in [7, 11) is 1.60. The highest BCUT2D eigenvalue weighted by atomic mass is 16.5. The predicted octanol–water partition coefficient (Wildman–Crippen LogP) is 4.13. The number of fused-ring (bicyclic) bond motifs is 1. The van der Waals surface area contributed by atoms with Gasteiger partial charge in [-0.15, -0.1) is 0 Å². The zero-order chi connectivity index (χ0) is 23.8. The Bertz CT molecular complexity index is 929. The molecule has 0 saturated heterocycles. The van der Waals surface area contributed by atoms with E-state index in [-0.39, 0.29) is 17.9 Å². The second-order valence-corrected chi connectivity index (χ2v) is 8.91. The van der Waals surface area contributed by atoms with Crippen molar-refractivity contribution in [2.75, 3.05) is 26.8 Å². The number of carbonyl (C=O) groups is 2. The van der Waals surface area contributed by atoms with Gasteiger partial charge in [-0.3, -0.25) is 9.59 Å². The van der Waals surface area contributed by atoms with Gasteiger partial charge < -0.3 is 19.7 Å². The van der Waals surface area contributed by atoms with Gasteiger partial charge in [0.1, 0.15) is 5.75 Å². The van der Waals surface area contributed by atoms with Gasteiger partial charge in [-0.05, 0) is 47.6 Å². The van der Waals surface area contributed by atoms with Crippen molar-refractivity contribution in [3.63, 3.8) is 0 Å². The van der Waals surface area contributed by atoms with Gasteiger partial charge in [-0.2, -0.15) is 0 Å². The molecular formula is C27H36N2O4. The van der Waals surface area contributed by atoms with Crippen molar-refractivity contribution in [2.24, 2.45) is 5.92 Å². The van der Waals surface area contributed by atoms with Gasteiger partial charge in [0.25, 0.3) is 5.91 Å². The second-order valence-electron chi connectivity index (χ2n) is 8.91. The molecule has 1 heterocycles. The molecule has 2 aromatic carbocycles. The highest BCUT2D eigenvalue weighted by Gasteiger charge is 2.32. The number of hydrogen-bond donors (Lipinski definition) is 1. The third-order valence-corrected chi connectivity index (χ3v) is 5.91. The third-order valence-electron chi connectivity index (χ3n) is 5.91. The summed E-state index contributed by atoms with van der Waals surface area (Å²) in [5.41, 5.74) is 3.36. The van der Waals surface area contributed by atoms with Crippen molar-refractivity contribution in [3.05, 3.63) is 65.2 Å². The topological polar surface area (TPSA) is 67.9 Å². The summed E-state index contributed by atoms with van der Waals surface area (Å²) in [5, 5.41) is 2.85. The maximum absolute atomic E-state index is 13.2. The van der Waals surface area contributed by atoms with Crippen LogP contribution < -0.4 is 10.1 Å². The molecule has 2 unspecified atom stereocenters. The summed E-state index contributed by atoms with van der Waals surface area (Å²) in [6.07, 6.45) is 1.29. The van der Waals surface area contributed by atoms with Crippen molar-refractivity contribution in [1.29, 1.82) is 0 Å². The molecule has 2 atom stereocenters. The van der Waals surface area contributed by atoms with E-state index in [4.69, 9.17) is 9.47 Å². The summed E-state index contributed by atoms with van der Waals surface area (Å²) >= 11 is 0. The quantitative estimate of drug-likeness (QED) is 0.551. The van der Waals surface area contributed by atoms with Crippen LogP contribution in [0.1, 0.15) is 56.3 Å². The van der Waals surface area contributed by atoms with Crippen LogP contribution in [0, 0.1) is 5.92 Å². The first-order valence-corrected chi connectivity index (χ1v) is 11.8. The molecule has 3 rings (SSSR count). The Hall–Kier alpha value is -2.86. The van der Waals surface area contributed by atoms with E-state index in [0.29, 0.717) is 44.2 Å². The average molecular weight is 453 g/mol. The van der Waals surface area contributed by atoms with Crippen molar-refractivity contribution in [1.82, 2.24) is 10.2 Å². The highest BCUT2D eigenvalue weighted by Crippen LogP contribution is 2.38. The number of carbonyl (C=O) groups excluding carboxylic acids is 2. The van der Waals surface area contributed by atoms with E-state index in [0.717, 1.165) is 17.5 Å². The van der Waals surface area contributed by atoms with Crippen LogP contribution in [-0.2, 0) is 20.7 Å². The molecule has 178 valence electrons. The molecule has 6 nitrogen and oxygen atoms in total. The highest BCUT2D eigenvalue weighted by molar-refractivity contribution is 5.81. The van der Waals surface area contributed by atoms with Crippen molar-refractivity contribution < 1.29 is 19.1 Å². The molecular weight excluding hydrogens is 416 g/mol. The number of benzene rings is 2. The summed E-state index contributed by atoms with van der Waals surface area (Å²) in [6, 6.07) is 16.0. The minimum absolute atomic E-state index is 0.152. The smallest absolute Gasteiger partial charge is 0.261 e. The van der Waals surface area contributed by atoms with E-state index in [2.05, 4.69) is 37.4 Å². The Morgan fingerprint density at radius 2 is 1.91 bits per heavy atom. The van der Waals surface area contributed by atoms with E-state index in [1.54, 1.807) is 7.11 Å². The van der Waals surface area contributed by atoms with E-state index in [1.807, 2.05) is 42.2 Å². The Morgan fingerprint density at radius 1 is 1.15 bits per heavy atom. The number of nitrogens with one attached hydrogen (secondary N) is 1. The lowest BCUT2D eigenvalue weighted by atomic mass is 9.87. The lowest BCUT2D eigenvalue weighted by Gasteiger charge is -2.38. The standard InChI is InChI=1S/C27H36N2O4/c1-5-24(27(31)28-14-16-32-4)33-22-12-11-20-13-15-29(25(30)17-19(2)3)26(23(20)18-22)21-9-7-6-8-10-21/h6-12,18-19,24,26H,5,13-17H2,1-4H3,(H,28,31). The molecule has 0 fully saturated rings. The summed E-state index contributed by atoms with van der Waals surface area (Å²) in [5.74, 6) is 0.953. The van der Waals surface area contributed by atoms with E-state index >= 15 is 0 Å². The van der Waals surface area contributed by atoms with Crippen LogP contribution in [0.2, 0.25) is 0 Å². The van der Waals surface area contributed by atoms with E-state index in [1.165, 1.54) is 5.56 Å². The molecule has 2 aromatic rings.